The smallest absolute Gasteiger partial charge is 0.222 e. The fraction of sp³-hybridized carbons (Fsp3) is 0.600. The van der Waals surface area contributed by atoms with Gasteiger partial charge < -0.3 is 15.0 Å². The molecule has 0 radical (unpaired) electrons. The fourth-order valence-corrected chi connectivity index (χ4v) is 3.14. The number of aryl methyl sites for hydroxylation is 1. The van der Waals surface area contributed by atoms with Gasteiger partial charge in [0, 0.05) is 32.0 Å². The van der Waals surface area contributed by atoms with Crippen LogP contribution in [0, 0.1) is 5.92 Å². The molecule has 1 aromatic carbocycles. The summed E-state index contributed by atoms with van der Waals surface area (Å²) >= 11 is 0. The summed E-state index contributed by atoms with van der Waals surface area (Å²) < 4.78 is 5.20. The molecule has 0 unspecified atom stereocenters. The van der Waals surface area contributed by atoms with Gasteiger partial charge in [-0.25, -0.2) is 0 Å². The maximum Gasteiger partial charge on any atom is 0.222 e. The number of benzene rings is 1. The lowest BCUT2D eigenvalue weighted by atomic mass is 10.0. The molecule has 5 heteroatoms. The summed E-state index contributed by atoms with van der Waals surface area (Å²) in [6.45, 7) is 5.61. The molecule has 1 aliphatic rings. The first kappa shape index (κ1) is 19.3. The summed E-state index contributed by atoms with van der Waals surface area (Å²) in [4.78, 5) is 26.2. The highest BCUT2D eigenvalue weighted by atomic mass is 16.5. The van der Waals surface area contributed by atoms with Gasteiger partial charge in [-0.2, -0.15) is 0 Å². The van der Waals surface area contributed by atoms with Crippen molar-refractivity contribution in [2.75, 3.05) is 20.2 Å². The number of ether oxygens (including phenoxy) is 1. The summed E-state index contributed by atoms with van der Waals surface area (Å²) in [5.41, 5.74) is 1.10. The van der Waals surface area contributed by atoms with Crippen LogP contribution in [0.2, 0.25) is 0 Å². The van der Waals surface area contributed by atoms with Crippen LogP contribution in [0.4, 0.5) is 0 Å². The number of nitrogens with zero attached hydrogens (tertiary/aromatic N) is 1. The van der Waals surface area contributed by atoms with Crippen LogP contribution in [-0.4, -0.2) is 43.0 Å². The highest BCUT2D eigenvalue weighted by Gasteiger charge is 2.23. The molecule has 2 amide bonds. The van der Waals surface area contributed by atoms with Crippen LogP contribution in [0.3, 0.4) is 0 Å². The normalized spacial score (nSPS) is 15.3. The van der Waals surface area contributed by atoms with E-state index in [0.717, 1.165) is 37.2 Å². The SMILES string of the molecule is COc1cccc(CCC(=O)NC2CCN(C(=O)CC(C)C)CC2)c1. The fourth-order valence-electron chi connectivity index (χ4n) is 3.14. The third-order valence-corrected chi connectivity index (χ3v) is 4.57. The maximum absolute atomic E-state index is 12.2. The van der Waals surface area contributed by atoms with Gasteiger partial charge in [-0.1, -0.05) is 26.0 Å². The van der Waals surface area contributed by atoms with E-state index in [2.05, 4.69) is 19.2 Å². The molecular formula is C20H30N2O3. The second-order valence-electron chi connectivity index (χ2n) is 7.17. The third-order valence-electron chi connectivity index (χ3n) is 4.57. The van der Waals surface area contributed by atoms with E-state index < -0.39 is 0 Å². The Morgan fingerprint density at radius 1 is 1.28 bits per heavy atom. The molecule has 2 rings (SSSR count). The van der Waals surface area contributed by atoms with E-state index in [1.54, 1.807) is 7.11 Å². The number of hydrogen-bond donors (Lipinski definition) is 1. The number of carbonyl (C=O) groups excluding carboxylic acids is 2. The molecule has 1 N–H and O–H groups in total. The van der Waals surface area contributed by atoms with Gasteiger partial charge in [-0.05, 0) is 42.9 Å². The monoisotopic (exact) mass is 346 g/mol. The van der Waals surface area contributed by atoms with Crippen LogP contribution in [0.15, 0.2) is 24.3 Å². The molecule has 0 spiro atoms. The van der Waals surface area contributed by atoms with Gasteiger partial charge in [0.2, 0.25) is 11.8 Å². The zero-order valence-corrected chi connectivity index (χ0v) is 15.6. The second-order valence-corrected chi connectivity index (χ2v) is 7.17. The van der Waals surface area contributed by atoms with E-state index >= 15 is 0 Å². The number of amides is 2. The van der Waals surface area contributed by atoms with Crippen molar-refractivity contribution < 1.29 is 14.3 Å². The zero-order chi connectivity index (χ0) is 18.2. The minimum Gasteiger partial charge on any atom is -0.497 e. The zero-order valence-electron chi connectivity index (χ0n) is 15.6. The van der Waals surface area contributed by atoms with Crippen molar-refractivity contribution in [2.24, 2.45) is 5.92 Å². The van der Waals surface area contributed by atoms with Crippen LogP contribution in [0.1, 0.15) is 45.1 Å². The van der Waals surface area contributed by atoms with Gasteiger partial charge in [-0.3, -0.25) is 9.59 Å². The van der Waals surface area contributed by atoms with Crippen molar-refractivity contribution >= 4 is 11.8 Å². The Morgan fingerprint density at radius 3 is 2.64 bits per heavy atom. The van der Waals surface area contributed by atoms with Crippen molar-refractivity contribution in [1.29, 1.82) is 0 Å². The molecule has 1 saturated heterocycles. The van der Waals surface area contributed by atoms with Crippen molar-refractivity contribution in [1.82, 2.24) is 10.2 Å². The van der Waals surface area contributed by atoms with E-state index in [-0.39, 0.29) is 17.9 Å². The summed E-state index contributed by atoms with van der Waals surface area (Å²) in [7, 11) is 1.64. The quantitative estimate of drug-likeness (QED) is 0.826. The number of piperidine rings is 1. The highest BCUT2D eigenvalue weighted by molar-refractivity contribution is 5.77. The molecule has 0 saturated carbocycles. The molecule has 1 aromatic rings. The number of hydrogen-bond acceptors (Lipinski definition) is 3. The Kier molecular flexibility index (Phi) is 7.29. The van der Waals surface area contributed by atoms with Crippen molar-refractivity contribution in [3.63, 3.8) is 0 Å². The Balaban J connectivity index is 1.70. The van der Waals surface area contributed by atoms with Crippen molar-refractivity contribution in [3.8, 4) is 5.75 Å². The average Bonchev–Trinajstić information content (AvgIpc) is 2.60. The minimum atomic E-state index is 0.0785. The first-order valence-corrected chi connectivity index (χ1v) is 9.18. The van der Waals surface area contributed by atoms with Gasteiger partial charge in [0.1, 0.15) is 5.75 Å². The number of carbonyl (C=O) groups is 2. The lowest BCUT2D eigenvalue weighted by Gasteiger charge is -2.33. The number of methoxy groups -OCH3 is 1. The Morgan fingerprint density at radius 2 is 2.00 bits per heavy atom. The predicted molar refractivity (Wildman–Crippen MR) is 98.5 cm³/mol. The molecular weight excluding hydrogens is 316 g/mol. The molecule has 25 heavy (non-hydrogen) atoms. The van der Waals surface area contributed by atoms with E-state index in [0.29, 0.717) is 25.2 Å². The summed E-state index contributed by atoms with van der Waals surface area (Å²) in [5.74, 6) is 1.52. The number of rotatable bonds is 7. The Labute approximate surface area is 150 Å². The van der Waals surface area contributed by atoms with Crippen LogP contribution >= 0.6 is 0 Å². The predicted octanol–water partition coefficient (Wildman–Crippen LogP) is 2.78. The first-order valence-electron chi connectivity index (χ1n) is 9.18. The minimum absolute atomic E-state index is 0.0785. The van der Waals surface area contributed by atoms with Gasteiger partial charge >= 0.3 is 0 Å². The van der Waals surface area contributed by atoms with E-state index in [1.807, 2.05) is 29.2 Å². The van der Waals surface area contributed by atoms with E-state index in [9.17, 15) is 9.59 Å². The van der Waals surface area contributed by atoms with E-state index in [4.69, 9.17) is 4.74 Å². The molecule has 138 valence electrons. The molecule has 1 heterocycles. The molecule has 0 atom stereocenters. The standard InChI is InChI=1S/C20H30N2O3/c1-15(2)13-20(24)22-11-9-17(10-12-22)21-19(23)8-7-16-5-4-6-18(14-16)25-3/h4-6,14-15,17H,7-13H2,1-3H3,(H,21,23). The van der Waals surface area contributed by atoms with Gasteiger partial charge in [0.15, 0.2) is 0 Å². The van der Waals surface area contributed by atoms with Crippen molar-refractivity contribution in [3.05, 3.63) is 29.8 Å². The van der Waals surface area contributed by atoms with Crippen LogP contribution in [0.5, 0.6) is 5.75 Å². The Hall–Kier alpha value is -2.04. The van der Waals surface area contributed by atoms with Crippen LogP contribution < -0.4 is 10.1 Å². The average molecular weight is 346 g/mol. The van der Waals surface area contributed by atoms with Gasteiger partial charge in [0.05, 0.1) is 7.11 Å². The molecule has 0 aliphatic carbocycles. The maximum atomic E-state index is 12.2. The Bertz CT molecular complexity index is 578. The van der Waals surface area contributed by atoms with Gasteiger partial charge in [-0.15, -0.1) is 0 Å². The van der Waals surface area contributed by atoms with E-state index in [1.165, 1.54) is 0 Å². The molecule has 1 fully saturated rings. The number of likely N-dealkylation sites (tertiary alicyclic amines) is 1. The third kappa shape index (κ3) is 6.40. The molecule has 1 aliphatic heterocycles. The second kappa shape index (κ2) is 9.44. The number of nitrogens with one attached hydrogen (secondary N) is 1. The highest BCUT2D eigenvalue weighted by Crippen LogP contribution is 2.15. The van der Waals surface area contributed by atoms with Crippen LogP contribution in [-0.2, 0) is 16.0 Å². The first-order chi connectivity index (χ1) is 12.0. The molecule has 0 aromatic heterocycles. The van der Waals surface area contributed by atoms with Gasteiger partial charge in [0.25, 0.3) is 0 Å². The molecule has 0 bridgehead atoms. The topological polar surface area (TPSA) is 58.6 Å². The lowest BCUT2D eigenvalue weighted by Crippen LogP contribution is -2.46. The van der Waals surface area contributed by atoms with Crippen molar-refractivity contribution in [2.45, 2.75) is 52.0 Å². The molecule has 5 nitrogen and oxygen atoms in total. The van der Waals surface area contributed by atoms with Crippen LogP contribution in [0.25, 0.3) is 0 Å². The summed E-state index contributed by atoms with van der Waals surface area (Å²) in [5, 5.41) is 3.11. The summed E-state index contributed by atoms with van der Waals surface area (Å²) in [6.07, 6.45) is 3.47. The summed E-state index contributed by atoms with van der Waals surface area (Å²) in [6, 6.07) is 8.00. The largest absolute Gasteiger partial charge is 0.497 e. The lowest BCUT2D eigenvalue weighted by molar-refractivity contribution is -0.133.